The summed E-state index contributed by atoms with van der Waals surface area (Å²) >= 11 is 1.24. The molecule has 10 nitrogen and oxygen atoms in total. The third kappa shape index (κ3) is 5.87. The number of aromatic amines is 2. The number of methoxy groups -OCH3 is 1. The molecule has 0 atom stereocenters. The second-order valence-corrected chi connectivity index (χ2v) is 8.82. The monoisotopic (exact) mass is 492 g/mol. The molecule has 2 aromatic heterocycles. The number of carbonyl (C=O) groups excluding carboxylic acids is 1. The lowest BCUT2D eigenvalue weighted by Gasteiger charge is -2.14. The largest absolute Gasteiger partial charge is 0.497 e. The first-order valence-electron chi connectivity index (χ1n) is 10.7. The number of thioether (sulfide) groups is 1. The molecule has 0 aliphatic heterocycles. The minimum atomic E-state index is -0.588. The number of nitrogens with zero attached hydrogens (tertiary/aromatic N) is 3. The molecule has 2 heterocycles. The lowest BCUT2D eigenvalue weighted by atomic mass is 10.1. The van der Waals surface area contributed by atoms with E-state index in [1.165, 1.54) is 17.8 Å². The second kappa shape index (κ2) is 10.4. The van der Waals surface area contributed by atoms with Crippen LogP contribution in [-0.4, -0.2) is 43.5 Å². The Bertz CT molecular complexity index is 1440. The highest BCUT2D eigenvalue weighted by atomic mass is 32.2. The van der Waals surface area contributed by atoms with Crippen LogP contribution in [0.2, 0.25) is 0 Å². The molecule has 0 spiro atoms. The lowest BCUT2D eigenvalue weighted by Crippen LogP contribution is -2.23. The molecule has 3 N–H and O–H groups in total. The molecule has 4 rings (SSSR count). The van der Waals surface area contributed by atoms with Gasteiger partial charge in [-0.3, -0.25) is 19.1 Å². The molecule has 1 amide bonds. The van der Waals surface area contributed by atoms with Crippen LogP contribution in [0, 0.1) is 13.8 Å². The van der Waals surface area contributed by atoms with Gasteiger partial charge in [0.15, 0.2) is 5.16 Å². The highest BCUT2D eigenvalue weighted by molar-refractivity contribution is 7.99. The van der Waals surface area contributed by atoms with Gasteiger partial charge in [-0.1, -0.05) is 23.9 Å². The van der Waals surface area contributed by atoms with Crippen LogP contribution in [0.3, 0.4) is 0 Å². The van der Waals surface area contributed by atoms with Crippen LogP contribution in [0.15, 0.2) is 63.3 Å². The van der Waals surface area contributed by atoms with E-state index in [1.807, 2.05) is 36.6 Å². The van der Waals surface area contributed by atoms with E-state index in [0.29, 0.717) is 28.1 Å². The van der Waals surface area contributed by atoms with Gasteiger partial charge >= 0.3 is 5.69 Å². The molecule has 0 aliphatic carbocycles. The van der Waals surface area contributed by atoms with E-state index in [9.17, 15) is 14.4 Å². The zero-order valence-corrected chi connectivity index (χ0v) is 20.2. The van der Waals surface area contributed by atoms with E-state index < -0.39 is 11.2 Å². The first kappa shape index (κ1) is 24.0. The van der Waals surface area contributed by atoms with Crippen LogP contribution in [0.4, 0.5) is 5.69 Å². The number of hydrogen-bond acceptors (Lipinski definition) is 7. The highest BCUT2D eigenvalue weighted by Crippen LogP contribution is 2.26. The average molecular weight is 493 g/mol. The van der Waals surface area contributed by atoms with Crippen LogP contribution < -0.4 is 21.3 Å². The first-order valence-corrected chi connectivity index (χ1v) is 11.7. The number of anilines is 1. The van der Waals surface area contributed by atoms with Crippen LogP contribution in [-0.2, 0) is 11.2 Å². The van der Waals surface area contributed by atoms with Gasteiger partial charge in [0.05, 0.1) is 18.6 Å². The smallest absolute Gasteiger partial charge is 0.325 e. The molecule has 0 aliphatic rings. The summed E-state index contributed by atoms with van der Waals surface area (Å²) in [5.41, 5.74) is 2.87. The molecule has 180 valence electrons. The van der Waals surface area contributed by atoms with Gasteiger partial charge in [0, 0.05) is 23.9 Å². The fraction of sp³-hybridized carbons (Fsp3) is 0.208. The SMILES string of the molecule is COc1ccc(NC(=O)CSc2nnc(Cc3cc(=O)[nH]c(=O)[nH]3)n2-c2cc(C)ccc2C)cc1. The Kier molecular flexibility index (Phi) is 7.16. The Hall–Kier alpha value is -4.12. The summed E-state index contributed by atoms with van der Waals surface area (Å²) in [6.07, 6.45) is 0.179. The van der Waals surface area contributed by atoms with Crippen molar-refractivity contribution in [3.63, 3.8) is 0 Å². The molecular weight excluding hydrogens is 468 g/mol. The molecule has 0 unspecified atom stereocenters. The van der Waals surface area contributed by atoms with E-state index in [0.717, 1.165) is 16.8 Å². The number of H-pyrrole nitrogens is 2. The highest BCUT2D eigenvalue weighted by Gasteiger charge is 2.18. The average Bonchev–Trinajstić information content (AvgIpc) is 3.21. The van der Waals surface area contributed by atoms with Crippen molar-refractivity contribution in [2.75, 3.05) is 18.2 Å². The Morgan fingerprint density at radius 1 is 1.06 bits per heavy atom. The molecular formula is C24H24N6O4S. The van der Waals surface area contributed by atoms with Crippen molar-refractivity contribution >= 4 is 23.4 Å². The predicted molar refractivity (Wildman–Crippen MR) is 134 cm³/mol. The number of amides is 1. The van der Waals surface area contributed by atoms with E-state index >= 15 is 0 Å². The van der Waals surface area contributed by atoms with Crippen molar-refractivity contribution in [1.29, 1.82) is 0 Å². The van der Waals surface area contributed by atoms with Crippen molar-refractivity contribution in [3.8, 4) is 11.4 Å². The van der Waals surface area contributed by atoms with Crippen LogP contribution in [0.1, 0.15) is 22.6 Å². The van der Waals surface area contributed by atoms with Gasteiger partial charge in [0.2, 0.25) is 5.91 Å². The van der Waals surface area contributed by atoms with Crippen molar-refractivity contribution < 1.29 is 9.53 Å². The van der Waals surface area contributed by atoms with Gasteiger partial charge in [-0.05, 0) is 55.3 Å². The van der Waals surface area contributed by atoms with Crippen molar-refractivity contribution in [1.82, 2.24) is 24.7 Å². The van der Waals surface area contributed by atoms with Gasteiger partial charge in [0.1, 0.15) is 11.6 Å². The zero-order valence-electron chi connectivity index (χ0n) is 19.4. The molecule has 11 heteroatoms. The van der Waals surface area contributed by atoms with Crippen LogP contribution in [0.25, 0.3) is 5.69 Å². The molecule has 0 radical (unpaired) electrons. The van der Waals surface area contributed by atoms with E-state index in [-0.39, 0.29) is 18.1 Å². The zero-order chi connectivity index (χ0) is 24.9. The van der Waals surface area contributed by atoms with E-state index in [4.69, 9.17) is 4.74 Å². The third-order valence-electron chi connectivity index (χ3n) is 5.18. The normalized spacial score (nSPS) is 10.8. The number of aryl methyl sites for hydroxylation is 2. The summed E-state index contributed by atoms with van der Waals surface area (Å²) in [7, 11) is 1.58. The number of rotatable bonds is 8. The molecule has 2 aromatic carbocycles. The summed E-state index contributed by atoms with van der Waals surface area (Å²) in [6, 6.07) is 14.4. The number of benzene rings is 2. The Labute approximate surface area is 204 Å². The summed E-state index contributed by atoms with van der Waals surface area (Å²) in [6.45, 7) is 3.95. The Morgan fingerprint density at radius 3 is 2.54 bits per heavy atom. The van der Waals surface area contributed by atoms with Crippen molar-refractivity contribution in [3.05, 3.63) is 92.0 Å². The maximum atomic E-state index is 12.6. The molecule has 0 saturated heterocycles. The fourth-order valence-electron chi connectivity index (χ4n) is 3.50. The number of aromatic nitrogens is 5. The Balaban J connectivity index is 1.61. The van der Waals surface area contributed by atoms with Gasteiger partial charge in [-0.2, -0.15) is 0 Å². The maximum Gasteiger partial charge on any atom is 0.325 e. The first-order chi connectivity index (χ1) is 16.8. The van der Waals surface area contributed by atoms with Crippen LogP contribution >= 0.6 is 11.8 Å². The molecule has 35 heavy (non-hydrogen) atoms. The number of hydrogen-bond donors (Lipinski definition) is 3. The van der Waals surface area contributed by atoms with Gasteiger partial charge in [-0.15, -0.1) is 10.2 Å². The van der Waals surface area contributed by atoms with Crippen molar-refractivity contribution in [2.24, 2.45) is 0 Å². The minimum absolute atomic E-state index is 0.108. The summed E-state index contributed by atoms with van der Waals surface area (Å²) in [5.74, 6) is 1.14. The molecule has 0 fully saturated rings. The molecule has 4 aromatic rings. The minimum Gasteiger partial charge on any atom is -0.497 e. The summed E-state index contributed by atoms with van der Waals surface area (Å²) < 4.78 is 6.99. The number of ether oxygens (including phenoxy) is 1. The number of nitrogens with one attached hydrogen (secondary N) is 3. The number of carbonyl (C=O) groups is 1. The summed E-state index contributed by atoms with van der Waals surface area (Å²) in [4.78, 5) is 40.8. The Morgan fingerprint density at radius 2 is 1.83 bits per heavy atom. The van der Waals surface area contributed by atoms with Gasteiger partial charge < -0.3 is 15.0 Å². The quantitative estimate of drug-likeness (QED) is 0.322. The van der Waals surface area contributed by atoms with Crippen molar-refractivity contribution in [2.45, 2.75) is 25.4 Å². The fourth-order valence-corrected chi connectivity index (χ4v) is 4.26. The summed E-state index contributed by atoms with van der Waals surface area (Å²) in [5, 5.41) is 12.0. The second-order valence-electron chi connectivity index (χ2n) is 7.88. The van der Waals surface area contributed by atoms with E-state index in [2.05, 4.69) is 25.5 Å². The lowest BCUT2D eigenvalue weighted by molar-refractivity contribution is -0.113. The molecule has 0 bridgehead atoms. The predicted octanol–water partition coefficient (Wildman–Crippen LogP) is 2.59. The third-order valence-corrected chi connectivity index (χ3v) is 6.11. The van der Waals surface area contributed by atoms with Gasteiger partial charge in [0.25, 0.3) is 5.56 Å². The topological polar surface area (TPSA) is 135 Å². The molecule has 0 saturated carbocycles. The van der Waals surface area contributed by atoms with E-state index in [1.54, 1.807) is 31.4 Å². The van der Waals surface area contributed by atoms with Gasteiger partial charge in [-0.25, -0.2) is 4.79 Å². The maximum absolute atomic E-state index is 12.6. The van der Waals surface area contributed by atoms with Crippen LogP contribution in [0.5, 0.6) is 5.75 Å². The standard InChI is InChI=1S/C24H24N6O4S/c1-14-4-5-15(2)19(10-14)30-20(11-17-12-21(31)27-23(33)26-17)28-29-24(30)35-13-22(32)25-16-6-8-18(34-3)9-7-16/h4-10,12H,11,13H2,1-3H3,(H,25,32)(H2,26,27,31,33).